The SMILES string of the molecule is CCc1nc(CN(C)CC(=O)Nc2ccc(OC)c(S(=O)(=O)N3CCCCC3)c2)cs1. The quantitative estimate of drug-likeness (QED) is 0.611. The van der Waals surface area contributed by atoms with Crippen molar-refractivity contribution in [2.24, 2.45) is 0 Å². The maximum absolute atomic E-state index is 13.1. The summed E-state index contributed by atoms with van der Waals surface area (Å²) < 4.78 is 33.0. The Bertz CT molecular complexity index is 1000. The standard InChI is InChI=1S/C21H30N4O4S2/c1-4-21-23-17(15-30-21)13-24(2)14-20(26)22-16-8-9-18(29-3)19(12-16)31(27,28)25-10-6-5-7-11-25/h8-9,12,15H,4-7,10-11,13-14H2,1-3H3,(H,22,26). The third-order valence-electron chi connectivity index (χ3n) is 5.13. The first-order chi connectivity index (χ1) is 14.8. The number of carbonyl (C=O) groups is 1. The van der Waals surface area contributed by atoms with Gasteiger partial charge in [0.25, 0.3) is 0 Å². The molecule has 1 N–H and O–H groups in total. The number of rotatable bonds is 9. The van der Waals surface area contributed by atoms with E-state index < -0.39 is 10.0 Å². The molecule has 0 radical (unpaired) electrons. The third kappa shape index (κ3) is 6.03. The number of sulfonamides is 1. The fraction of sp³-hybridized carbons (Fsp3) is 0.524. The van der Waals surface area contributed by atoms with Gasteiger partial charge >= 0.3 is 0 Å². The molecule has 0 bridgehead atoms. The summed E-state index contributed by atoms with van der Waals surface area (Å²) in [4.78, 5) is 19.0. The molecule has 0 spiro atoms. The predicted octanol–water partition coefficient (Wildman–Crippen LogP) is 2.96. The van der Waals surface area contributed by atoms with Crippen LogP contribution in [-0.4, -0.2) is 62.3 Å². The largest absolute Gasteiger partial charge is 0.495 e. The Hall–Kier alpha value is -2.01. The van der Waals surface area contributed by atoms with Gasteiger partial charge in [0.2, 0.25) is 15.9 Å². The molecule has 2 heterocycles. The highest BCUT2D eigenvalue weighted by Gasteiger charge is 2.29. The zero-order valence-corrected chi connectivity index (χ0v) is 19.9. The fourth-order valence-corrected chi connectivity index (χ4v) is 6.00. The molecule has 0 atom stereocenters. The number of hydrogen-bond donors (Lipinski definition) is 1. The van der Waals surface area contributed by atoms with E-state index in [1.54, 1.807) is 23.5 Å². The first-order valence-corrected chi connectivity index (χ1v) is 12.7. The highest BCUT2D eigenvalue weighted by atomic mass is 32.2. The summed E-state index contributed by atoms with van der Waals surface area (Å²) in [6.45, 7) is 3.81. The Morgan fingerprint density at radius 1 is 1.29 bits per heavy atom. The molecule has 1 aromatic carbocycles. The summed E-state index contributed by atoms with van der Waals surface area (Å²) in [7, 11) is -0.391. The number of methoxy groups -OCH3 is 1. The number of likely N-dealkylation sites (N-methyl/N-ethyl adjacent to an activating group) is 1. The molecule has 170 valence electrons. The average Bonchev–Trinajstić information content (AvgIpc) is 3.21. The molecule has 1 aliphatic rings. The van der Waals surface area contributed by atoms with E-state index in [0.717, 1.165) is 36.4 Å². The normalized spacial score (nSPS) is 15.2. The Morgan fingerprint density at radius 3 is 2.68 bits per heavy atom. The summed E-state index contributed by atoms with van der Waals surface area (Å²) in [5, 5.41) is 5.89. The Kier molecular flexibility index (Phi) is 8.04. The Balaban J connectivity index is 1.68. The van der Waals surface area contributed by atoms with Crippen LogP contribution in [0.15, 0.2) is 28.5 Å². The summed E-state index contributed by atoms with van der Waals surface area (Å²) in [5.74, 6) is 0.0517. The molecule has 0 saturated carbocycles. The van der Waals surface area contributed by atoms with Crippen molar-refractivity contribution in [1.29, 1.82) is 0 Å². The Morgan fingerprint density at radius 2 is 2.03 bits per heavy atom. The van der Waals surface area contributed by atoms with Gasteiger partial charge in [-0.25, -0.2) is 13.4 Å². The van der Waals surface area contributed by atoms with Crippen molar-refractivity contribution in [2.75, 3.05) is 39.1 Å². The first kappa shape index (κ1) is 23.6. The van der Waals surface area contributed by atoms with Gasteiger partial charge in [-0.15, -0.1) is 11.3 Å². The van der Waals surface area contributed by atoms with Crippen LogP contribution in [0.3, 0.4) is 0 Å². The van der Waals surface area contributed by atoms with Gasteiger partial charge < -0.3 is 10.1 Å². The van der Waals surface area contributed by atoms with Crippen LogP contribution in [0, 0.1) is 0 Å². The van der Waals surface area contributed by atoms with E-state index >= 15 is 0 Å². The van der Waals surface area contributed by atoms with E-state index in [0.29, 0.717) is 25.3 Å². The zero-order valence-electron chi connectivity index (χ0n) is 18.3. The lowest BCUT2D eigenvalue weighted by atomic mass is 10.2. The lowest BCUT2D eigenvalue weighted by Gasteiger charge is -2.26. The molecular formula is C21H30N4O4S2. The first-order valence-electron chi connectivity index (χ1n) is 10.4. The number of nitrogens with zero attached hydrogens (tertiary/aromatic N) is 3. The number of ether oxygens (including phenoxy) is 1. The number of anilines is 1. The van der Waals surface area contributed by atoms with Gasteiger partial charge in [-0.2, -0.15) is 4.31 Å². The number of piperidine rings is 1. The molecule has 1 aliphatic heterocycles. The second-order valence-electron chi connectivity index (χ2n) is 7.64. The van der Waals surface area contributed by atoms with E-state index in [1.165, 1.54) is 17.5 Å². The van der Waals surface area contributed by atoms with Crippen LogP contribution >= 0.6 is 11.3 Å². The highest BCUT2D eigenvalue weighted by Crippen LogP contribution is 2.31. The van der Waals surface area contributed by atoms with Crippen LogP contribution in [0.2, 0.25) is 0 Å². The van der Waals surface area contributed by atoms with Crippen molar-refractivity contribution in [1.82, 2.24) is 14.2 Å². The summed E-state index contributed by atoms with van der Waals surface area (Å²) in [5.41, 5.74) is 1.37. The molecule has 1 amide bonds. The number of benzene rings is 1. The van der Waals surface area contributed by atoms with Gasteiger partial charge in [-0.05, 0) is 44.5 Å². The van der Waals surface area contributed by atoms with E-state index in [4.69, 9.17) is 4.74 Å². The van der Waals surface area contributed by atoms with Crippen molar-refractivity contribution in [3.05, 3.63) is 34.3 Å². The third-order valence-corrected chi connectivity index (χ3v) is 8.09. The summed E-state index contributed by atoms with van der Waals surface area (Å²) in [6.07, 6.45) is 3.63. The minimum atomic E-state index is -3.69. The molecule has 1 aromatic heterocycles. The smallest absolute Gasteiger partial charge is 0.246 e. The molecule has 10 heteroatoms. The molecule has 8 nitrogen and oxygen atoms in total. The van der Waals surface area contributed by atoms with Gasteiger partial charge in [0.05, 0.1) is 24.4 Å². The van der Waals surface area contributed by atoms with E-state index in [2.05, 4.69) is 17.2 Å². The second kappa shape index (κ2) is 10.5. The molecule has 1 fully saturated rings. The number of carbonyl (C=O) groups excluding carboxylic acids is 1. The minimum absolute atomic E-state index is 0.0811. The van der Waals surface area contributed by atoms with Crippen LogP contribution in [0.1, 0.15) is 36.9 Å². The molecule has 0 aliphatic carbocycles. The van der Waals surface area contributed by atoms with Crippen LogP contribution in [-0.2, 0) is 27.8 Å². The lowest BCUT2D eigenvalue weighted by molar-refractivity contribution is -0.117. The Labute approximate surface area is 188 Å². The lowest BCUT2D eigenvalue weighted by Crippen LogP contribution is -2.35. The minimum Gasteiger partial charge on any atom is -0.495 e. The number of hydrogen-bond acceptors (Lipinski definition) is 7. The maximum Gasteiger partial charge on any atom is 0.246 e. The fourth-order valence-electron chi connectivity index (χ4n) is 3.56. The van der Waals surface area contributed by atoms with Gasteiger partial charge in [0.15, 0.2) is 0 Å². The van der Waals surface area contributed by atoms with E-state index in [-0.39, 0.29) is 23.1 Å². The number of thiazole rings is 1. The number of nitrogens with one attached hydrogen (secondary N) is 1. The molecule has 2 aromatic rings. The summed E-state index contributed by atoms with van der Waals surface area (Å²) in [6, 6.07) is 4.71. The molecule has 0 unspecified atom stereocenters. The molecule has 31 heavy (non-hydrogen) atoms. The topological polar surface area (TPSA) is 91.8 Å². The number of amides is 1. The summed E-state index contributed by atoms with van der Waals surface area (Å²) >= 11 is 1.62. The second-order valence-corrected chi connectivity index (χ2v) is 10.5. The van der Waals surface area contributed by atoms with Crippen LogP contribution in [0.25, 0.3) is 0 Å². The molecular weight excluding hydrogens is 436 g/mol. The van der Waals surface area contributed by atoms with Crippen molar-refractivity contribution < 1.29 is 17.9 Å². The van der Waals surface area contributed by atoms with Crippen molar-refractivity contribution in [3.63, 3.8) is 0 Å². The zero-order chi connectivity index (χ0) is 22.4. The van der Waals surface area contributed by atoms with Crippen LogP contribution in [0.4, 0.5) is 5.69 Å². The van der Waals surface area contributed by atoms with Crippen LogP contribution < -0.4 is 10.1 Å². The predicted molar refractivity (Wildman–Crippen MR) is 122 cm³/mol. The van der Waals surface area contributed by atoms with E-state index in [1.807, 2.05) is 17.3 Å². The number of aromatic nitrogens is 1. The average molecular weight is 467 g/mol. The number of aryl methyl sites for hydroxylation is 1. The van der Waals surface area contributed by atoms with Gasteiger partial charge in [-0.3, -0.25) is 9.69 Å². The van der Waals surface area contributed by atoms with Gasteiger partial charge in [0.1, 0.15) is 10.6 Å². The van der Waals surface area contributed by atoms with Gasteiger partial charge in [-0.1, -0.05) is 13.3 Å². The maximum atomic E-state index is 13.1. The van der Waals surface area contributed by atoms with Crippen molar-refractivity contribution in [3.8, 4) is 5.75 Å². The van der Waals surface area contributed by atoms with Crippen LogP contribution in [0.5, 0.6) is 5.75 Å². The highest BCUT2D eigenvalue weighted by molar-refractivity contribution is 7.89. The van der Waals surface area contributed by atoms with E-state index in [9.17, 15) is 13.2 Å². The molecule has 3 rings (SSSR count). The van der Waals surface area contributed by atoms with Crippen molar-refractivity contribution >= 4 is 33.0 Å². The monoisotopic (exact) mass is 466 g/mol. The van der Waals surface area contributed by atoms with Crippen molar-refractivity contribution in [2.45, 2.75) is 44.0 Å². The van der Waals surface area contributed by atoms with Gasteiger partial charge in [0, 0.05) is 30.7 Å². The molecule has 1 saturated heterocycles.